The van der Waals surface area contributed by atoms with E-state index in [9.17, 15) is 4.79 Å². The Morgan fingerprint density at radius 3 is 2.50 bits per heavy atom. The van der Waals surface area contributed by atoms with E-state index in [1.165, 1.54) is 0 Å². The summed E-state index contributed by atoms with van der Waals surface area (Å²) in [6, 6.07) is 7.84. The average molecular weight is 284 g/mol. The Morgan fingerprint density at radius 2 is 1.94 bits per heavy atom. The minimum absolute atomic E-state index is 0.1000. The number of nitrogens with one attached hydrogen (secondary N) is 1. The molecule has 0 aliphatic heterocycles. The third kappa shape index (κ3) is 5.31. The monoisotopic (exact) mass is 283 g/mol. The molecule has 16 heavy (non-hydrogen) atoms. The Morgan fingerprint density at radius 1 is 1.31 bits per heavy atom. The normalized spacial score (nSPS) is 10.5. The molecule has 0 aliphatic carbocycles. The van der Waals surface area contributed by atoms with Crippen LogP contribution in [-0.4, -0.2) is 12.5 Å². The van der Waals surface area contributed by atoms with Gasteiger partial charge in [0.1, 0.15) is 0 Å². The van der Waals surface area contributed by atoms with Crippen LogP contribution in [0.2, 0.25) is 0 Å². The molecule has 88 valence electrons. The Kier molecular flexibility index (Phi) is 5.53. The summed E-state index contributed by atoms with van der Waals surface area (Å²) in [4.78, 5) is 11.6. The summed E-state index contributed by atoms with van der Waals surface area (Å²) in [7, 11) is 0. The van der Waals surface area contributed by atoms with Gasteiger partial charge in [0.15, 0.2) is 0 Å². The SMILES string of the molecule is CC(C)CCNC(=O)Cc1ccc(Br)cc1. The molecule has 0 atom stereocenters. The molecule has 0 saturated heterocycles. The van der Waals surface area contributed by atoms with Crippen molar-refractivity contribution in [2.24, 2.45) is 5.92 Å². The lowest BCUT2D eigenvalue weighted by Gasteiger charge is -2.07. The zero-order valence-corrected chi connectivity index (χ0v) is 11.4. The number of carbonyl (C=O) groups is 1. The van der Waals surface area contributed by atoms with Crippen LogP contribution in [0.1, 0.15) is 25.8 Å². The number of benzene rings is 1. The van der Waals surface area contributed by atoms with Gasteiger partial charge in [-0.1, -0.05) is 41.9 Å². The highest BCUT2D eigenvalue weighted by molar-refractivity contribution is 9.10. The predicted octanol–water partition coefficient (Wildman–Crippen LogP) is 3.15. The van der Waals surface area contributed by atoms with Crippen molar-refractivity contribution in [1.29, 1.82) is 0 Å². The second-order valence-electron chi connectivity index (χ2n) is 4.34. The quantitative estimate of drug-likeness (QED) is 0.884. The molecule has 0 unspecified atom stereocenters. The van der Waals surface area contributed by atoms with Gasteiger partial charge in [-0.3, -0.25) is 4.79 Å². The fourth-order valence-corrected chi connectivity index (χ4v) is 1.61. The zero-order chi connectivity index (χ0) is 12.0. The van der Waals surface area contributed by atoms with E-state index in [-0.39, 0.29) is 5.91 Å². The van der Waals surface area contributed by atoms with E-state index < -0.39 is 0 Å². The summed E-state index contributed by atoms with van der Waals surface area (Å²) in [5.74, 6) is 0.732. The minimum atomic E-state index is 0.1000. The van der Waals surface area contributed by atoms with E-state index in [4.69, 9.17) is 0 Å². The first-order valence-corrected chi connectivity index (χ1v) is 6.38. The van der Waals surface area contributed by atoms with Crippen LogP contribution >= 0.6 is 15.9 Å². The molecule has 0 heterocycles. The molecule has 0 aliphatic rings. The van der Waals surface area contributed by atoms with Gasteiger partial charge in [-0.25, -0.2) is 0 Å². The van der Waals surface area contributed by atoms with Crippen molar-refractivity contribution in [1.82, 2.24) is 5.32 Å². The highest BCUT2D eigenvalue weighted by Crippen LogP contribution is 2.10. The fraction of sp³-hybridized carbons (Fsp3) is 0.462. The maximum atomic E-state index is 11.6. The predicted molar refractivity (Wildman–Crippen MR) is 70.3 cm³/mol. The van der Waals surface area contributed by atoms with Crippen molar-refractivity contribution in [3.8, 4) is 0 Å². The summed E-state index contributed by atoms with van der Waals surface area (Å²) in [5, 5.41) is 2.93. The van der Waals surface area contributed by atoms with Gasteiger partial charge in [0.25, 0.3) is 0 Å². The maximum absolute atomic E-state index is 11.6. The Balaban J connectivity index is 2.31. The molecule has 0 saturated carbocycles. The molecule has 0 bridgehead atoms. The number of amides is 1. The molecule has 0 fully saturated rings. The molecular weight excluding hydrogens is 266 g/mol. The summed E-state index contributed by atoms with van der Waals surface area (Å²) < 4.78 is 1.04. The Hall–Kier alpha value is -0.830. The highest BCUT2D eigenvalue weighted by Gasteiger charge is 2.03. The van der Waals surface area contributed by atoms with Crippen molar-refractivity contribution in [3.05, 3.63) is 34.3 Å². The number of hydrogen-bond acceptors (Lipinski definition) is 1. The van der Waals surface area contributed by atoms with E-state index in [1.807, 2.05) is 24.3 Å². The molecule has 3 heteroatoms. The number of halogens is 1. The van der Waals surface area contributed by atoms with Crippen LogP contribution in [0, 0.1) is 5.92 Å². The largest absolute Gasteiger partial charge is 0.356 e. The summed E-state index contributed by atoms with van der Waals surface area (Å²) in [5.41, 5.74) is 1.05. The molecule has 1 amide bonds. The molecule has 2 nitrogen and oxygen atoms in total. The smallest absolute Gasteiger partial charge is 0.224 e. The lowest BCUT2D eigenvalue weighted by Crippen LogP contribution is -2.26. The second-order valence-corrected chi connectivity index (χ2v) is 5.25. The maximum Gasteiger partial charge on any atom is 0.224 e. The fourth-order valence-electron chi connectivity index (χ4n) is 1.35. The molecular formula is C13H18BrNO. The van der Waals surface area contributed by atoms with Crippen LogP contribution < -0.4 is 5.32 Å². The van der Waals surface area contributed by atoms with E-state index in [1.54, 1.807) is 0 Å². The van der Waals surface area contributed by atoms with Crippen LogP contribution in [0.15, 0.2) is 28.7 Å². The Bertz CT molecular complexity index is 332. The third-order valence-electron chi connectivity index (χ3n) is 2.32. The van der Waals surface area contributed by atoms with Crippen molar-refractivity contribution in [2.45, 2.75) is 26.7 Å². The van der Waals surface area contributed by atoms with E-state index in [2.05, 4.69) is 35.1 Å². The van der Waals surface area contributed by atoms with E-state index >= 15 is 0 Å². The average Bonchev–Trinajstić information content (AvgIpc) is 2.21. The van der Waals surface area contributed by atoms with E-state index in [0.717, 1.165) is 23.0 Å². The first kappa shape index (κ1) is 13.2. The second kappa shape index (κ2) is 6.69. The topological polar surface area (TPSA) is 29.1 Å². The number of rotatable bonds is 5. The van der Waals surface area contributed by atoms with Gasteiger partial charge in [0.05, 0.1) is 6.42 Å². The van der Waals surface area contributed by atoms with Gasteiger partial charge >= 0.3 is 0 Å². The van der Waals surface area contributed by atoms with Gasteiger partial charge in [0.2, 0.25) is 5.91 Å². The van der Waals surface area contributed by atoms with Crippen molar-refractivity contribution >= 4 is 21.8 Å². The van der Waals surface area contributed by atoms with Gasteiger partial charge in [-0.15, -0.1) is 0 Å². The van der Waals surface area contributed by atoms with Crippen LogP contribution in [0.5, 0.6) is 0 Å². The van der Waals surface area contributed by atoms with Crippen LogP contribution in [0.25, 0.3) is 0 Å². The summed E-state index contributed by atoms with van der Waals surface area (Å²) in [6.07, 6.45) is 1.50. The first-order valence-electron chi connectivity index (χ1n) is 5.59. The molecule has 1 N–H and O–H groups in total. The molecule has 1 rings (SSSR count). The third-order valence-corrected chi connectivity index (χ3v) is 2.85. The van der Waals surface area contributed by atoms with Gasteiger partial charge in [0, 0.05) is 11.0 Å². The van der Waals surface area contributed by atoms with Crippen molar-refractivity contribution in [3.63, 3.8) is 0 Å². The summed E-state index contributed by atoms with van der Waals surface area (Å²) in [6.45, 7) is 5.08. The number of hydrogen-bond donors (Lipinski definition) is 1. The van der Waals surface area contributed by atoms with Crippen LogP contribution in [0.3, 0.4) is 0 Å². The highest BCUT2D eigenvalue weighted by atomic mass is 79.9. The van der Waals surface area contributed by atoms with Gasteiger partial charge in [-0.05, 0) is 30.0 Å². The first-order chi connectivity index (χ1) is 7.58. The number of carbonyl (C=O) groups excluding carboxylic acids is 1. The van der Waals surface area contributed by atoms with Crippen LogP contribution in [0.4, 0.5) is 0 Å². The minimum Gasteiger partial charge on any atom is -0.356 e. The van der Waals surface area contributed by atoms with Crippen molar-refractivity contribution < 1.29 is 4.79 Å². The van der Waals surface area contributed by atoms with Gasteiger partial charge in [-0.2, -0.15) is 0 Å². The van der Waals surface area contributed by atoms with Crippen molar-refractivity contribution in [2.75, 3.05) is 6.54 Å². The molecule has 0 radical (unpaired) electrons. The zero-order valence-electron chi connectivity index (χ0n) is 9.79. The lowest BCUT2D eigenvalue weighted by atomic mass is 10.1. The molecule has 0 spiro atoms. The Labute approximate surface area is 106 Å². The molecule has 1 aromatic rings. The summed E-state index contributed by atoms with van der Waals surface area (Å²) >= 11 is 3.37. The van der Waals surface area contributed by atoms with E-state index in [0.29, 0.717) is 12.3 Å². The lowest BCUT2D eigenvalue weighted by molar-refractivity contribution is -0.120. The molecule has 0 aromatic heterocycles. The molecule has 1 aromatic carbocycles. The van der Waals surface area contributed by atoms with Crippen LogP contribution in [-0.2, 0) is 11.2 Å². The standard InChI is InChI=1S/C13H18BrNO/c1-10(2)7-8-15-13(16)9-11-3-5-12(14)6-4-11/h3-6,10H,7-9H2,1-2H3,(H,15,16). The van der Waals surface area contributed by atoms with Gasteiger partial charge < -0.3 is 5.32 Å².